The lowest BCUT2D eigenvalue weighted by atomic mass is 9.91. The molecule has 0 aromatic carbocycles. The van der Waals surface area contributed by atoms with Crippen molar-refractivity contribution in [2.75, 3.05) is 20.5 Å². The molecule has 0 saturated carbocycles. The molecule has 0 spiro atoms. The van der Waals surface area contributed by atoms with Crippen LogP contribution in [0.1, 0.15) is 41.0 Å². The number of hydrogen-bond acceptors (Lipinski definition) is 3. The van der Waals surface area contributed by atoms with Gasteiger partial charge in [0.1, 0.15) is 6.79 Å². The fourth-order valence-corrected chi connectivity index (χ4v) is 3.20. The van der Waals surface area contributed by atoms with E-state index in [1.807, 2.05) is 6.08 Å². The van der Waals surface area contributed by atoms with Crippen molar-refractivity contribution in [2.45, 2.75) is 65.3 Å². The smallest absolute Gasteiger partial charge is 0.191 e. The topological polar surface area (TPSA) is 27.7 Å². The maximum Gasteiger partial charge on any atom is 0.191 e. The van der Waals surface area contributed by atoms with Crippen molar-refractivity contribution in [1.29, 1.82) is 0 Å². The maximum absolute atomic E-state index is 6.34. The molecule has 0 aromatic heterocycles. The van der Waals surface area contributed by atoms with E-state index >= 15 is 0 Å². The summed E-state index contributed by atoms with van der Waals surface area (Å²) in [7, 11) is -0.0463. The molecular formula is C17H36O3Si. The number of hydrogen-bond donors (Lipinski definition) is 0. The molecule has 3 atom stereocenters. The Morgan fingerprint density at radius 3 is 2.14 bits per heavy atom. The van der Waals surface area contributed by atoms with Gasteiger partial charge in [-0.1, -0.05) is 40.7 Å². The summed E-state index contributed by atoms with van der Waals surface area (Å²) in [5.74, 6) is 0.750. The lowest BCUT2D eigenvalue weighted by molar-refractivity contribution is -0.112. The molecule has 0 unspecified atom stereocenters. The molecule has 0 aliphatic rings. The van der Waals surface area contributed by atoms with E-state index in [1.54, 1.807) is 7.11 Å². The zero-order valence-electron chi connectivity index (χ0n) is 15.4. The Balaban J connectivity index is 4.66. The van der Waals surface area contributed by atoms with Gasteiger partial charge in [-0.05, 0) is 30.5 Å². The third kappa shape index (κ3) is 7.09. The molecule has 126 valence electrons. The summed E-state index contributed by atoms with van der Waals surface area (Å²) in [4.78, 5) is 0. The van der Waals surface area contributed by atoms with Crippen LogP contribution in [-0.2, 0) is 13.9 Å². The summed E-state index contributed by atoms with van der Waals surface area (Å²) in [6, 6.07) is 0. The Labute approximate surface area is 133 Å². The quantitative estimate of drug-likeness (QED) is 0.328. The maximum atomic E-state index is 6.34. The summed E-state index contributed by atoms with van der Waals surface area (Å²) in [6.07, 6.45) is 3.03. The summed E-state index contributed by atoms with van der Waals surface area (Å²) < 4.78 is 17.3. The molecule has 3 nitrogen and oxygen atoms in total. The second-order valence-electron chi connectivity index (χ2n) is 7.59. The van der Waals surface area contributed by atoms with Gasteiger partial charge in [-0.3, -0.25) is 0 Å². The highest BCUT2D eigenvalue weighted by Crippen LogP contribution is 2.37. The summed E-state index contributed by atoms with van der Waals surface area (Å²) in [5, 5.41) is 0.238. The number of rotatable bonds is 10. The fraction of sp³-hybridized carbons (Fsp3) is 0.882. The highest BCUT2D eigenvalue weighted by Gasteiger charge is 2.38. The van der Waals surface area contributed by atoms with E-state index < -0.39 is 8.32 Å². The van der Waals surface area contributed by atoms with E-state index in [0.29, 0.717) is 18.6 Å². The molecule has 0 saturated heterocycles. The molecule has 0 aromatic rings. The normalized spacial score (nSPS) is 17.3. The highest BCUT2D eigenvalue weighted by molar-refractivity contribution is 6.74. The van der Waals surface area contributed by atoms with Crippen molar-refractivity contribution in [3.05, 3.63) is 12.7 Å². The molecule has 21 heavy (non-hydrogen) atoms. The van der Waals surface area contributed by atoms with Crippen LogP contribution < -0.4 is 0 Å². The van der Waals surface area contributed by atoms with Crippen molar-refractivity contribution >= 4 is 8.32 Å². The van der Waals surface area contributed by atoms with Gasteiger partial charge < -0.3 is 13.9 Å². The second kappa shape index (κ2) is 9.08. The first-order valence-corrected chi connectivity index (χ1v) is 10.8. The second-order valence-corrected chi connectivity index (χ2v) is 12.4. The lowest BCUT2D eigenvalue weighted by Gasteiger charge is -2.38. The van der Waals surface area contributed by atoms with Gasteiger partial charge in [0.2, 0.25) is 0 Å². The molecule has 4 heteroatoms. The number of methoxy groups -OCH3 is 1. The molecule has 0 heterocycles. The van der Waals surface area contributed by atoms with Gasteiger partial charge in [-0.2, -0.15) is 0 Å². The minimum Gasteiger partial charge on any atom is -0.416 e. The zero-order valence-corrected chi connectivity index (χ0v) is 16.4. The Morgan fingerprint density at radius 1 is 1.14 bits per heavy atom. The van der Waals surface area contributed by atoms with E-state index in [4.69, 9.17) is 13.9 Å². The van der Waals surface area contributed by atoms with Crippen LogP contribution in [0.25, 0.3) is 0 Å². The number of allylic oxidation sites excluding steroid dienone is 1. The predicted octanol–water partition coefficient (Wildman–Crippen LogP) is 4.85. The Bertz CT molecular complexity index is 297. The molecule has 0 N–H and O–H groups in total. The van der Waals surface area contributed by atoms with Gasteiger partial charge >= 0.3 is 0 Å². The van der Waals surface area contributed by atoms with Gasteiger partial charge in [0.05, 0.1) is 6.10 Å². The van der Waals surface area contributed by atoms with Crippen LogP contribution in [0, 0.1) is 11.8 Å². The van der Waals surface area contributed by atoms with Crippen LogP contribution in [0.2, 0.25) is 18.1 Å². The first-order chi connectivity index (χ1) is 9.56. The number of ether oxygens (including phenoxy) is 2. The van der Waals surface area contributed by atoms with Crippen molar-refractivity contribution in [1.82, 2.24) is 0 Å². The average Bonchev–Trinajstić information content (AvgIpc) is 2.36. The van der Waals surface area contributed by atoms with E-state index in [9.17, 15) is 0 Å². The molecule has 0 amide bonds. The highest BCUT2D eigenvalue weighted by atomic mass is 28.4. The monoisotopic (exact) mass is 316 g/mol. The molecule has 0 fully saturated rings. The van der Waals surface area contributed by atoms with Crippen LogP contribution in [0.4, 0.5) is 0 Å². The first kappa shape index (κ1) is 20.8. The predicted molar refractivity (Wildman–Crippen MR) is 93.0 cm³/mol. The Morgan fingerprint density at radius 2 is 1.71 bits per heavy atom. The summed E-state index contributed by atoms with van der Waals surface area (Å²) >= 11 is 0. The molecule has 0 aliphatic heterocycles. The summed E-state index contributed by atoms with van der Waals surface area (Å²) in [5.41, 5.74) is 0. The summed E-state index contributed by atoms with van der Waals surface area (Å²) in [6.45, 7) is 20.7. The van der Waals surface area contributed by atoms with Gasteiger partial charge in [-0.15, -0.1) is 6.58 Å². The molecule has 0 rings (SSSR count). The van der Waals surface area contributed by atoms with Crippen LogP contribution in [0.15, 0.2) is 12.7 Å². The van der Waals surface area contributed by atoms with Crippen LogP contribution in [-0.4, -0.2) is 34.9 Å². The molecule has 0 bridgehead atoms. The molecule has 0 aliphatic carbocycles. The van der Waals surface area contributed by atoms with Gasteiger partial charge in [0.25, 0.3) is 0 Å². The van der Waals surface area contributed by atoms with Crippen LogP contribution >= 0.6 is 0 Å². The Kier molecular flexibility index (Phi) is 9.01. The van der Waals surface area contributed by atoms with Crippen LogP contribution in [0.3, 0.4) is 0 Å². The molecular weight excluding hydrogens is 280 g/mol. The van der Waals surface area contributed by atoms with Crippen molar-refractivity contribution < 1.29 is 13.9 Å². The van der Waals surface area contributed by atoms with E-state index in [0.717, 1.165) is 13.0 Å². The SMILES string of the molecule is C=CC[C@H](C)[C@H](OCOC)[C@@H](C)CO[Si](C)(C)C(C)(C)C. The van der Waals surface area contributed by atoms with Crippen molar-refractivity contribution in [2.24, 2.45) is 11.8 Å². The third-order valence-electron chi connectivity index (χ3n) is 4.55. The average molecular weight is 317 g/mol. The molecule has 0 radical (unpaired) electrons. The zero-order chi connectivity index (χ0) is 16.7. The first-order valence-electron chi connectivity index (χ1n) is 7.92. The minimum absolute atomic E-state index is 0.132. The lowest BCUT2D eigenvalue weighted by Crippen LogP contribution is -2.43. The standard InChI is InChI=1S/C17H36O3Si/c1-10-11-14(2)16(19-13-18-7)15(3)12-20-21(8,9)17(4,5)6/h10,14-16H,1,11-13H2,2-9H3/t14-,15-,16-/m0/s1. The largest absolute Gasteiger partial charge is 0.416 e. The van der Waals surface area contributed by atoms with Gasteiger partial charge in [0, 0.05) is 19.6 Å². The Hall–Kier alpha value is -0.163. The fourth-order valence-electron chi connectivity index (χ4n) is 2.08. The minimum atomic E-state index is -1.71. The van der Waals surface area contributed by atoms with Crippen LogP contribution in [0.5, 0.6) is 0 Å². The van der Waals surface area contributed by atoms with E-state index in [-0.39, 0.29) is 11.1 Å². The van der Waals surface area contributed by atoms with E-state index in [2.05, 4.69) is 54.3 Å². The van der Waals surface area contributed by atoms with E-state index in [1.165, 1.54) is 0 Å². The van der Waals surface area contributed by atoms with Gasteiger partial charge in [-0.25, -0.2) is 0 Å². The van der Waals surface area contributed by atoms with Crippen molar-refractivity contribution in [3.8, 4) is 0 Å². The van der Waals surface area contributed by atoms with Crippen molar-refractivity contribution in [3.63, 3.8) is 0 Å². The third-order valence-corrected chi connectivity index (χ3v) is 9.05. The van der Waals surface area contributed by atoms with Gasteiger partial charge in [0.15, 0.2) is 8.32 Å².